The summed E-state index contributed by atoms with van der Waals surface area (Å²) in [7, 11) is -1.20. The quantitative estimate of drug-likeness (QED) is 0.461. The number of anilines is 1. The molecule has 0 radical (unpaired) electrons. The van der Waals surface area contributed by atoms with Gasteiger partial charge in [-0.2, -0.15) is 8.42 Å². The Labute approximate surface area is 207 Å². The van der Waals surface area contributed by atoms with Crippen LogP contribution in [0.1, 0.15) is 39.7 Å². The predicted molar refractivity (Wildman–Crippen MR) is 133 cm³/mol. The van der Waals surface area contributed by atoms with Gasteiger partial charge in [-0.05, 0) is 47.4 Å². The van der Waals surface area contributed by atoms with Crippen LogP contribution < -0.4 is 14.2 Å². The summed E-state index contributed by atoms with van der Waals surface area (Å²) in [6.45, 7) is 8.36. The van der Waals surface area contributed by atoms with Gasteiger partial charge in [-0.15, -0.1) is 0 Å². The zero-order valence-corrected chi connectivity index (χ0v) is 21.9. The molecule has 0 heterocycles. The van der Waals surface area contributed by atoms with Crippen LogP contribution in [0, 0.1) is 5.41 Å². The number of carbonyl (C=O) groups is 2. The van der Waals surface area contributed by atoms with Crippen LogP contribution in [-0.2, 0) is 31.0 Å². The lowest BCUT2D eigenvalue weighted by atomic mass is 9.91. The maximum atomic E-state index is 12.9. The van der Waals surface area contributed by atoms with Gasteiger partial charge < -0.3 is 23.9 Å². The first kappa shape index (κ1) is 28.1. The molecule has 0 saturated carbocycles. The first-order valence-electron chi connectivity index (χ1n) is 11.1. The third-order valence-electron chi connectivity index (χ3n) is 4.86. The molecule has 0 saturated heterocycles. The predicted octanol–water partition coefficient (Wildman–Crippen LogP) is 3.83. The zero-order chi connectivity index (χ0) is 26.2. The lowest BCUT2D eigenvalue weighted by molar-refractivity contribution is -0.134. The van der Waals surface area contributed by atoms with E-state index in [2.05, 4.69) is 5.32 Å². The minimum atomic E-state index is -4.18. The summed E-state index contributed by atoms with van der Waals surface area (Å²) in [6.07, 6.45) is 0.360. The monoisotopic (exact) mass is 506 g/mol. The normalized spacial score (nSPS) is 11.6. The molecule has 0 aromatic heterocycles. The molecular weight excluding hydrogens is 472 g/mol. The summed E-state index contributed by atoms with van der Waals surface area (Å²) in [5.41, 5.74) is 0.961. The Kier molecular flexibility index (Phi) is 9.67. The third-order valence-corrected chi connectivity index (χ3v) is 6.11. The summed E-state index contributed by atoms with van der Waals surface area (Å²) in [4.78, 5) is 25.7. The van der Waals surface area contributed by atoms with Gasteiger partial charge in [0.15, 0.2) is 11.5 Å². The molecule has 0 atom stereocenters. The molecule has 0 bridgehead atoms. The van der Waals surface area contributed by atoms with E-state index in [1.54, 1.807) is 30.2 Å². The summed E-state index contributed by atoms with van der Waals surface area (Å²) in [6, 6.07) is 10.5. The second-order valence-electron chi connectivity index (χ2n) is 9.27. The number of amides is 2. The highest BCUT2D eigenvalue weighted by Crippen LogP contribution is 2.32. The van der Waals surface area contributed by atoms with Gasteiger partial charge in [0.2, 0.25) is 11.8 Å². The number of carbonyl (C=O) groups excluding carboxylic acids is 2. The van der Waals surface area contributed by atoms with Crippen LogP contribution in [0.5, 0.6) is 11.5 Å². The molecule has 0 unspecified atom stereocenters. The van der Waals surface area contributed by atoms with Crippen molar-refractivity contribution >= 4 is 27.6 Å². The van der Waals surface area contributed by atoms with Crippen molar-refractivity contribution in [2.45, 2.75) is 45.6 Å². The van der Waals surface area contributed by atoms with Crippen LogP contribution in [0.4, 0.5) is 5.69 Å². The van der Waals surface area contributed by atoms with E-state index in [0.29, 0.717) is 30.8 Å². The maximum Gasteiger partial charge on any atom is 0.339 e. The minimum absolute atomic E-state index is 0.00546. The van der Waals surface area contributed by atoms with Crippen LogP contribution in [0.15, 0.2) is 47.4 Å². The fraction of sp³-hybridized carbons (Fsp3) is 0.440. The van der Waals surface area contributed by atoms with Crippen molar-refractivity contribution < 1.29 is 31.7 Å². The van der Waals surface area contributed by atoms with Crippen molar-refractivity contribution in [1.29, 1.82) is 0 Å². The first-order valence-corrected chi connectivity index (χ1v) is 12.5. The van der Waals surface area contributed by atoms with Crippen LogP contribution in [0.3, 0.4) is 0 Å². The second-order valence-corrected chi connectivity index (χ2v) is 10.8. The van der Waals surface area contributed by atoms with E-state index >= 15 is 0 Å². The van der Waals surface area contributed by atoms with Crippen LogP contribution in [-0.4, -0.2) is 52.5 Å². The molecule has 9 nitrogen and oxygen atoms in total. The molecule has 1 N–H and O–H groups in total. The molecule has 2 amide bonds. The Morgan fingerprint density at radius 2 is 1.66 bits per heavy atom. The van der Waals surface area contributed by atoms with E-state index in [0.717, 1.165) is 0 Å². The van der Waals surface area contributed by atoms with Crippen molar-refractivity contribution in [3.8, 4) is 11.5 Å². The van der Waals surface area contributed by atoms with Gasteiger partial charge in [-0.1, -0.05) is 26.8 Å². The molecule has 10 heteroatoms. The van der Waals surface area contributed by atoms with E-state index in [1.165, 1.54) is 38.3 Å². The van der Waals surface area contributed by atoms with Gasteiger partial charge in [0.25, 0.3) is 0 Å². The van der Waals surface area contributed by atoms with E-state index in [9.17, 15) is 18.0 Å². The van der Waals surface area contributed by atoms with Crippen molar-refractivity contribution in [2.24, 2.45) is 5.41 Å². The van der Waals surface area contributed by atoms with Crippen LogP contribution >= 0.6 is 0 Å². The molecule has 0 spiro atoms. The van der Waals surface area contributed by atoms with Crippen molar-refractivity contribution in [3.63, 3.8) is 0 Å². The molecule has 0 fully saturated rings. The van der Waals surface area contributed by atoms with Crippen LogP contribution in [0.25, 0.3) is 0 Å². The lowest BCUT2D eigenvalue weighted by Gasteiger charge is -2.27. The Morgan fingerprint density at radius 3 is 2.20 bits per heavy atom. The first-order chi connectivity index (χ1) is 16.3. The number of benzene rings is 2. The van der Waals surface area contributed by atoms with Crippen molar-refractivity contribution in [2.75, 3.05) is 32.7 Å². The highest BCUT2D eigenvalue weighted by molar-refractivity contribution is 7.87. The smallest absolute Gasteiger partial charge is 0.339 e. The SMILES string of the molecule is COCCN(Cc1ccc(OC)c(OS(=O)(=O)c2ccc(NC(C)=O)cc2)c1)C(=O)CC(C)(C)C. The topological polar surface area (TPSA) is 111 Å². The zero-order valence-electron chi connectivity index (χ0n) is 21.1. The number of nitrogens with zero attached hydrogens (tertiary/aromatic N) is 1. The maximum absolute atomic E-state index is 12.9. The van der Waals surface area contributed by atoms with E-state index < -0.39 is 10.1 Å². The van der Waals surface area contributed by atoms with Crippen LogP contribution in [0.2, 0.25) is 0 Å². The van der Waals surface area contributed by atoms with E-state index in [4.69, 9.17) is 13.7 Å². The van der Waals surface area contributed by atoms with Crippen molar-refractivity contribution in [1.82, 2.24) is 4.90 Å². The molecule has 2 rings (SSSR count). The second kappa shape index (κ2) is 12.0. The molecule has 0 aliphatic rings. The van der Waals surface area contributed by atoms with Gasteiger partial charge in [-0.3, -0.25) is 9.59 Å². The summed E-state index contributed by atoms with van der Waals surface area (Å²) < 4.78 is 41.6. The Hall–Kier alpha value is -3.11. The molecule has 0 aliphatic carbocycles. The highest BCUT2D eigenvalue weighted by atomic mass is 32.2. The Bertz CT molecular complexity index is 1120. The van der Waals surface area contributed by atoms with Crippen molar-refractivity contribution in [3.05, 3.63) is 48.0 Å². The number of hydrogen-bond donors (Lipinski definition) is 1. The lowest BCUT2D eigenvalue weighted by Crippen LogP contribution is -2.35. The fourth-order valence-electron chi connectivity index (χ4n) is 3.24. The third kappa shape index (κ3) is 8.88. The molecule has 2 aromatic rings. The van der Waals surface area contributed by atoms with Gasteiger partial charge >= 0.3 is 10.1 Å². The molecule has 0 aliphatic heterocycles. The molecular formula is C25H34N2O7S. The average molecular weight is 507 g/mol. The number of methoxy groups -OCH3 is 2. The van der Waals surface area contributed by atoms with Gasteiger partial charge in [-0.25, -0.2) is 0 Å². The Morgan fingerprint density at radius 1 is 1.00 bits per heavy atom. The van der Waals surface area contributed by atoms with Gasteiger partial charge in [0.1, 0.15) is 4.90 Å². The number of ether oxygens (including phenoxy) is 2. The molecule has 192 valence electrons. The highest BCUT2D eigenvalue weighted by Gasteiger charge is 2.23. The summed E-state index contributed by atoms with van der Waals surface area (Å²) in [5.74, 6) is -0.0544. The summed E-state index contributed by atoms with van der Waals surface area (Å²) in [5, 5.41) is 2.58. The fourth-order valence-corrected chi connectivity index (χ4v) is 4.17. The van der Waals surface area contributed by atoms with Gasteiger partial charge in [0, 0.05) is 39.2 Å². The number of hydrogen-bond acceptors (Lipinski definition) is 7. The Balaban J connectivity index is 2.29. The largest absolute Gasteiger partial charge is 0.493 e. The van der Waals surface area contributed by atoms with E-state index in [-0.39, 0.29) is 40.2 Å². The molecule has 35 heavy (non-hydrogen) atoms. The minimum Gasteiger partial charge on any atom is -0.493 e. The standard InChI is InChI=1S/C25H34N2O7S/c1-18(28)26-20-8-10-21(11-9-20)35(30,31)34-23-15-19(7-12-22(23)33-6)17-27(13-14-32-5)24(29)16-25(2,3)4/h7-12,15H,13-14,16-17H2,1-6H3,(H,26,28). The van der Waals surface area contributed by atoms with E-state index in [1.807, 2.05) is 20.8 Å². The number of nitrogens with one attached hydrogen (secondary N) is 1. The molecule has 2 aromatic carbocycles. The summed E-state index contributed by atoms with van der Waals surface area (Å²) >= 11 is 0. The number of rotatable bonds is 11. The van der Waals surface area contributed by atoms with Gasteiger partial charge in [0.05, 0.1) is 13.7 Å². The average Bonchev–Trinajstić information content (AvgIpc) is 2.75.